The molecule has 4 aromatic carbocycles. The Labute approximate surface area is 243 Å². The number of hydrogen-bond acceptors (Lipinski definition) is 4. The number of nitrogens with one attached hydrogen (secondary N) is 1. The van der Waals surface area contributed by atoms with Crippen LogP contribution in [0.5, 0.6) is 0 Å². The van der Waals surface area contributed by atoms with Gasteiger partial charge in [-0.05, 0) is 47.5 Å². The summed E-state index contributed by atoms with van der Waals surface area (Å²) in [6.45, 7) is -0.380. The van der Waals surface area contributed by atoms with Gasteiger partial charge in [0.25, 0.3) is 10.0 Å². The maximum Gasteiger partial charge on any atom is 0.264 e. The van der Waals surface area contributed by atoms with Crippen LogP contribution in [0.1, 0.15) is 11.1 Å². The highest BCUT2D eigenvalue weighted by Gasteiger charge is 2.34. The maximum absolute atomic E-state index is 14.2. The van der Waals surface area contributed by atoms with Gasteiger partial charge in [0.2, 0.25) is 11.8 Å². The monoisotopic (exact) mass is 619 g/mol. The van der Waals surface area contributed by atoms with Crippen molar-refractivity contribution < 1.29 is 18.0 Å². The van der Waals surface area contributed by atoms with Crippen molar-refractivity contribution in [3.05, 3.63) is 131 Å². The molecule has 2 amide bonds. The summed E-state index contributed by atoms with van der Waals surface area (Å²) >= 11 is 3.48. The Hall–Kier alpha value is -3.95. The second-order valence-corrected chi connectivity index (χ2v) is 11.9. The topological polar surface area (TPSA) is 86.8 Å². The van der Waals surface area contributed by atoms with Crippen molar-refractivity contribution in [2.24, 2.45) is 0 Å². The van der Waals surface area contributed by atoms with Crippen molar-refractivity contribution in [2.75, 3.05) is 17.9 Å². The van der Waals surface area contributed by atoms with Gasteiger partial charge in [0.15, 0.2) is 0 Å². The summed E-state index contributed by atoms with van der Waals surface area (Å²) in [6.07, 6.45) is 0.261. The molecule has 0 fully saturated rings. The van der Waals surface area contributed by atoms with E-state index >= 15 is 0 Å². The molecule has 0 aliphatic heterocycles. The zero-order valence-electron chi connectivity index (χ0n) is 22.0. The lowest BCUT2D eigenvalue weighted by Crippen LogP contribution is -2.53. The fourth-order valence-electron chi connectivity index (χ4n) is 4.40. The molecule has 1 atom stereocenters. The smallest absolute Gasteiger partial charge is 0.264 e. The number of anilines is 1. The first kappa shape index (κ1) is 29.0. The zero-order chi connectivity index (χ0) is 28.5. The van der Waals surface area contributed by atoms with E-state index in [9.17, 15) is 18.0 Å². The third-order valence-electron chi connectivity index (χ3n) is 6.41. The van der Waals surface area contributed by atoms with Gasteiger partial charge in [-0.15, -0.1) is 0 Å². The predicted octanol–water partition coefficient (Wildman–Crippen LogP) is 5.03. The summed E-state index contributed by atoms with van der Waals surface area (Å²) in [6, 6.07) is 32.5. The highest BCUT2D eigenvalue weighted by atomic mass is 79.9. The van der Waals surface area contributed by atoms with E-state index in [1.165, 1.54) is 24.1 Å². The first-order valence-corrected chi connectivity index (χ1v) is 14.9. The van der Waals surface area contributed by atoms with Crippen LogP contribution < -0.4 is 9.62 Å². The predicted molar refractivity (Wildman–Crippen MR) is 160 cm³/mol. The molecule has 7 nitrogen and oxygen atoms in total. The van der Waals surface area contributed by atoms with Crippen molar-refractivity contribution >= 4 is 43.5 Å². The number of amides is 2. The van der Waals surface area contributed by atoms with E-state index in [1.54, 1.807) is 48.5 Å². The summed E-state index contributed by atoms with van der Waals surface area (Å²) in [5.74, 6) is -0.850. The van der Waals surface area contributed by atoms with Crippen molar-refractivity contribution in [3.63, 3.8) is 0 Å². The molecule has 0 aromatic heterocycles. The number of rotatable bonds is 11. The second kappa shape index (κ2) is 13.4. The molecule has 0 saturated heterocycles. The van der Waals surface area contributed by atoms with Gasteiger partial charge in [-0.2, -0.15) is 0 Å². The lowest BCUT2D eigenvalue weighted by Gasteiger charge is -2.33. The SMILES string of the molecule is CNC(=O)C(Cc1ccccc1)N(Cc1cccc(Br)c1)C(=O)CN(c1ccccc1)S(=O)(=O)c1ccccc1. The van der Waals surface area contributed by atoms with Crippen LogP contribution in [0.15, 0.2) is 125 Å². The van der Waals surface area contributed by atoms with Crippen molar-refractivity contribution in [2.45, 2.75) is 23.9 Å². The van der Waals surface area contributed by atoms with Gasteiger partial charge in [0.1, 0.15) is 12.6 Å². The van der Waals surface area contributed by atoms with Gasteiger partial charge in [0.05, 0.1) is 10.6 Å². The number of sulfonamides is 1. The largest absolute Gasteiger partial charge is 0.357 e. The zero-order valence-corrected chi connectivity index (χ0v) is 24.4. The first-order chi connectivity index (χ1) is 19.3. The molecule has 9 heteroatoms. The molecular weight excluding hydrogens is 590 g/mol. The number of nitrogens with zero attached hydrogens (tertiary/aromatic N) is 2. The number of benzene rings is 4. The molecule has 1 N–H and O–H groups in total. The molecule has 0 heterocycles. The van der Waals surface area contributed by atoms with Gasteiger partial charge in [-0.25, -0.2) is 8.42 Å². The average molecular weight is 621 g/mol. The molecule has 0 aliphatic rings. The Morgan fingerprint density at radius 2 is 1.38 bits per heavy atom. The fraction of sp³-hybridized carbons (Fsp3) is 0.161. The summed E-state index contributed by atoms with van der Waals surface area (Å²) in [4.78, 5) is 29.0. The lowest BCUT2D eigenvalue weighted by molar-refractivity contribution is -0.139. The van der Waals surface area contributed by atoms with E-state index < -0.39 is 28.5 Å². The summed E-state index contributed by atoms with van der Waals surface area (Å²) in [5, 5.41) is 2.68. The van der Waals surface area contributed by atoms with Crippen LogP contribution in [0.25, 0.3) is 0 Å². The van der Waals surface area contributed by atoms with Crippen molar-refractivity contribution in [1.29, 1.82) is 0 Å². The Balaban J connectivity index is 1.76. The first-order valence-electron chi connectivity index (χ1n) is 12.7. The normalized spacial score (nSPS) is 11.8. The molecule has 0 aliphatic carbocycles. The highest BCUT2D eigenvalue weighted by Crippen LogP contribution is 2.25. The molecule has 4 rings (SSSR count). The molecule has 0 saturated carbocycles. The summed E-state index contributed by atoms with van der Waals surface area (Å²) < 4.78 is 29.6. The molecular formula is C31H30BrN3O4S. The molecule has 0 bridgehead atoms. The van der Waals surface area contributed by atoms with Crippen molar-refractivity contribution in [1.82, 2.24) is 10.2 Å². The fourth-order valence-corrected chi connectivity index (χ4v) is 6.28. The number of para-hydroxylation sites is 1. The van der Waals surface area contributed by atoms with Crippen LogP contribution in [0.2, 0.25) is 0 Å². The Morgan fingerprint density at radius 1 is 0.800 bits per heavy atom. The average Bonchev–Trinajstić information content (AvgIpc) is 2.98. The number of hydrogen-bond donors (Lipinski definition) is 1. The standard InChI is InChI=1S/C31H30BrN3O4S/c1-33-31(37)29(21-24-12-5-2-6-13-24)34(22-25-14-11-15-26(32)20-25)30(36)23-35(27-16-7-3-8-17-27)40(38,39)28-18-9-4-10-19-28/h2-20,29H,21-23H2,1H3,(H,33,37). The molecule has 40 heavy (non-hydrogen) atoms. The molecule has 1 unspecified atom stereocenters. The van der Waals surface area contributed by atoms with Crippen LogP contribution in [-0.4, -0.2) is 44.8 Å². The Bertz CT molecular complexity index is 1530. The minimum absolute atomic E-state index is 0.0670. The minimum atomic E-state index is -4.09. The van der Waals surface area contributed by atoms with E-state index in [0.717, 1.165) is 19.9 Å². The van der Waals surface area contributed by atoms with Crippen LogP contribution in [0, 0.1) is 0 Å². The van der Waals surface area contributed by atoms with Crippen LogP contribution in [0.4, 0.5) is 5.69 Å². The van der Waals surface area contributed by atoms with Crippen LogP contribution in [-0.2, 0) is 32.6 Å². The van der Waals surface area contributed by atoms with Gasteiger partial charge < -0.3 is 10.2 Å². The van der Waals surface area contributed by atoms with Gasteiger partial charge in [-0.1, -0.05) is 94.8 Å². The maximum atomic E-state index is 14.2. The van der Waals surface area contributed by atoms with E-state index in [2.05, 4.69) is 21.2 Å². The Kier molecular flexibility index (Phi) is 9.74. The van der Waals surface area contributed by atoms with E-state index in [-0.39, 0.29) is 23.8 Å². The van der Waals surface area contributed by atoms with Gasteiger partial charge in [-0.3, -0.25) is 13.9 Å². The number of carbonyl (C=O) groups is 2. The number of likely N-dealkylation sites (N-methyl/N-ethyl adjacent to an activating group) is 1. The van der Waals surface area contributed by atoms with Crippen LogP contribution >= 0.6 is 15.9 Å². The quantitative estimate of drug-likeness (QED) is 0.255. The van der Waals surface area contributed by atoms with E-state index in [0.29, 0.717) is 5.69 Å². The summed E-state index contributed by atoms with van der Waals surface area (Å²) in [5.41, 5.74) is 2.02. The summed E-state index contributed by atoms with van der Waals surface area (Å²) in [7, 11) is -2.57. The molecule has 0 spiro atoms. The Morgan fingerprint density at radius 3 is 1.98 bits per heavy atom. The number of halogens is 1. The van der Waals surface area contributed by atoms with Crippen LogP contribution in [0.3, 0.4) is 0 Å². The van der Waals surface area contributed by atoms with E-state index in [1.807, 2.05) is 54.6 Å². The highest BCUT2D eigenvalue weighted by molar-refractivity contribution is 9.10. The number of carbonyl (C=O) groups excluding carboxylic acids is 2. The van der Waals surface area contributed by atoms with Gasteiger partial charge in [0, 0.05) is 24.5 Å². The van der Waals surface area contributed by atoms with E-state index in [4.69, 9.17) is 0 Å². The third kappa shape index (κ3) is 7.16. The second-order valence-electron chi connectivity index (χ2n) is 9.13. The molecule has 0 radical (unpaired) electrons. The minimum Gasteiger partial charge on any atom is -0.357 e. The molecule has 4 aromatic rings. The van der Waals surface area contributed by atoms with Gasteiger partial charge >= 0.3 is 0 Å². The van der Waals surface area contributed by atoms with Crippen molar-refractivity contribution in [3.8, 4) is 0 Å². The molecule has 206 valence electrons. The lowest BCUT2D eigenvalue weighted by atomic mass is 10.0. The third-order valence-corrected chi connectivity index (χ3v) is 8.70.